The number of hydrogen-bond acceptors (Lipinski definition) is 4. The van der Waals surface area contributed by atoms with Crippen molar-refractivity contribution in [1.29, 1.82) is 0 Å². The van der Waals surface area contributed by atoms with Crippen LogP contribution in [-0.4, -0.2) is 37.8 Å². The molecular weight excluding hydrogens is 294 g/mol. The van der Waals surface area contributed by atoms with E-state index >= 15 is 0 Å². The molecule has 0 bridgehead atoms. The monoisotopic (exact) mass is 319 g/mol. The summed E-state index contributed by atoms with van der Waals surface area (Å²) in [7, 11) is 0. The van der Waals surface area contributed by atoms with E-state index in [4.69, 9.17) is 12.2 Å². The molecular formula is C16H25N5S. The van der Waals surface area contributed by atoms with Gasteiger partial charge in [-0.15, -0.1) is 0 Å². The fourth-order valence-corrected chi connectivity index (χ4v) is 2.54. The van der Waals surface area contributed by atoms with Gasteiger partial charge in [0.15, 0.2) is 0 Å². The van der Waals surface area contributed by atoms with Gasteiger partial charge in [-0.3, -0.25) is 4.90 Å². The number of para-hydroxylation sites is 1. The summed E-state index contributed by atoms with van der Waals surface area (Å²) in [6.45, 7) is 7.31. The highest BCUT2D eigenvalue weighted by Crippen LogP contribution is 2.07. The first-order chi connectivity index (χ1) is 10.8. The van der Waals surface area contributed by atoms with Gasteiger partial charge in [0.1, 0.15) is 0 Å². The second-order valence-electron chi connectivity index (χ2n) is 5.47. The van der Waals surface area contributed by atoms with Crippen LogP contribution >= 0.6 is 12.2 Å². The van der Waals surface area contributed by atoms with E-state index in [0.29, 0.717) is 11.4 Å². The number of rotatable bonds is 9. The van der Waals surface area contributed by atoms with Crippen molar-refractivity contribution in [3.8, 4) is 5.69 Å². The minimum Gasteiger partial charge on any atom is -0.284 e. The first-order valence-corrected chi connectivity index (χ1v) is 8.47. The summed E-state index contributed by atoms with van der Waals surface area (Å²) in [6.07, 6.45) is 4.79. The molecule has 0 amide bonds. The van der Waals surface area contributed by atoms with Gasteiger partial charge in [0.25, 0.3) is 0 Å². The zero-order chi connectivity index (χ0) is 15.8. The second kappa shape index (κ2) is 8.80. The third-order valence-electron chi connectivity index (χ3n) is 3.63. The lowest BCUT2D eigenvalue weighted by atomic mass is 10.3. The Labute approximate surface area is 137 Å². The predicted molar refractivity (Wildman–Crippen MR) is 91.6 cm³/mol. The Balaban J connectivity index is 2.11. The average molecular weight is 319 g/mol. The number of tetrazole rings is 1. The molecule has 6 heteroatoms. The van der Waals surface area contributed by atoms with Crippen LogP contribution in [-0.2, 0) is 6.67 Å². The smallest absolute Gasteiger partial charge is 0.221 e. The van der Waals surface area contributed by atoms with Crippen molar-refractivity contribution in [2.24, 2.45) is 0 Å². The zero-order valence-electron chi connectivity index (χ0n) is 13.5. The van der Waals surface area contributed by atoms with Crippen molar-refractivity contribution in [2.45, 2.75) is 46.2 Å². The van der Waals surface area contributed by atoms with E-state index in [-0.39, 0.29) is 0 Å². The SMILES string of the molecule is CCCCN(CCCC)Cn1nnn(-c2ccccc2)c1=S. The van der Waals surface area contributed by atoms with Gasteiger partial charge in [0.05, 0.1) is 12.4 Å². The highest BCUT2D eigenvalue weighted by molar-refractivity contribution is 7.71. The fraction of sp³-hybridized carbons (Fsp3) is 0.562. The molecule has 1 aromatic heterocycles. The summed E-state index contributed by atoms with van der Waals surface area (Å²) >= 11 is 5.53. The molecule has 22 heavy (non-hydrogen) atoms. The van der Waals surface area contributed by atoms with Gasteiger partial charge in [-0.25, -0.2) is 4.68 Å². The molecule has 0 aliphatic heterocycles. The van der Waals surface area contributed by atoms with Crippen LogP contribution in [0, 0.1) is 4.77 Å². The van der Waals surface area contributed by atoms with Crippen LogP contribution in [0.5, 0.6) is 0 Å². The summed E-state index contributed by atoms with van der Waals surface area (Å²) in [5.41, 5.74) is 0.951. The van der Waals surface area contributed by atoms with E-state index in [2.05, 4.69) is 29.2 Å². The van der Waals surface area contributed by atoms with Crippen molar-refractivity contribution in [3.63, 3.8) is 0 Å². The van der Waals surface area contributed by atoms with Crippen LogP contribution in [0.15, 0.2) is 30.3 Å². The Hall–Kier alpha value is -1.53. The van der Waals surface area contributed by atoms with Crippen molar-refractivity contribution >= 4 is 12.2 Å². The first kappa shape index (κ1) is 16.8. The molecule has 0 N–H and O–H groups in total. The predicted octanol–water partition coefficient (Wildman–Crippen LogP) is 3.66. The van der Waals surface area contributed by atoms with Crippen LogP contribution in [0.2, 0.25) is 0 Å². The molecule has 5 nitrogen and oxygen atoms in total. The van der Waals surface area contributed by atoms with Crippen LogP contribution in [0.1, 0.15) is 39.5 Å². The second-order valence-corrected chi connectivity index (χ2v) is 5.84. The summed E-state index contributed by atoms with van der Waals surface area (Å²) in [5, 5.41) is 8.43. The highest BCUT2D eigenvalue weighted by atomic mass is 32.1. The summed E-state index contributed by atoms with van der Waals surface area (Å²) in [4.78, 5) is 2.41. The molecule has 0 aliphatic carbocycles. The zero-order valence-corrected chi connectivity index (χ0v) is 14.3. The third-order valence-corrected chi connectivity index (χ3v) is 4.01. The van der Waals surface area contributed by atoms with E-state index in [1.807, 2.05) is 35.0 Å². The minimum absolute atomic E-state index is 0.643. The molecule has 120 valence electrons. The van der Waals surface area contributed by atoms with Crippen LogP contribution < -0.4 is 0 Å². The lowest BCUT2D eigenvalue weighted by Gasteiger charge is -2.21. The molecule has 1 heterocycles. The molecule has 2 rings (SSSR count). The molecule has 0 aliphatic rings. The average Bonchev–Trinajstić information content (AvgIpc) is 2.91. The minimum atomic E-state index is 0.643. The van der Waals surface area contributed by atoms with E-state index in [9.17, 15) is 0 Å². The van der Waals surface area contributed by atoms with Crippen molar-refractivity contribution in [1.82, 2.24) is 24.7 Å². The van der Waals surface area contributed by atoms with E-state index in [0.717, 1.165) is 18.8 Å². The van der Waals surface area contributed by atoms with Gasteiger partial charge < -0.3 is 0 Å². The van der Waals surface area contributed by atoms with Crippen LogP contribution in [0.25, 0.3) is 5.69 Å². The van der Waals surface area contributed by atoms with Gasteiger partial charge in [-0.2, -0.15) is 4.68 Å². The summed E-state index contributed by atoms with van der Waals surface area (Å²) in [5.74, 6) is 0. The fourth-order valence-electron chi connectivity index (χ4n) is 2.30. The molecule has 0 saturated carbocycles. The molecule has 0 spiro atoms. The van der Waals surface area contributed by atoms with Crippen LogP contribution in [0.4, 0.5) is 0 Å². The summed E-state index contributed by atoms with van der Waals surface area (Å²) < 4.78 is 4.17. The van der Waals surface area contributed by atoms with Gasteiger partial charge in [0.2, 0.25) is 4.77 Å². The topological polar surface area (TPSA) is 38.9 Å². The third kappa shape index (κ3) is 4.48. The molecule has 1 aromatic carbocycles. The van der Waals surface area contributed by atoms with Crippen molar-refractivity contribution < 1.29 is 0 Å². The van der Waals surface area contributed by atoms with Gasteiger partial charge in [-0.05, 0) is 60.7 Å². The lowest BCUT2D eigenvalue weighted by Crippen LogP contribution is -2.29. The molecule has 0 atom stereocenters. The largest absolute Gasteiger partial charge is 0.284 e. The maximum absolute atomic E-state index is 5.53. The summed E-state index contributed by atoms with van der Waals surface area (Å²) in [6, 6.07) is 9.91. The van der Waals surface area contributed by atoms with Gasteiger partial charge >= 0.3 is 0 Å². The Bertz CT molecular complexity index is 596. The number of benzene rings is 1. The Morgan fingerprint density at radius 1 is 1.00 bits per heavy atom. The number of nitrogens with zero attached hydrogens (tertiary/aromatic N) is 5. The first-order valence-electron chi connectivity index (χ1n) is 8.06. The van der Waals surface area contributed by atoms with Crippen LogP contribution in [0.3, 0.4) is 0 Å². The van der Waals surface area contributed by atoms with Gasteiger partial charge in [-0.1, -0.05) is 44.9 Å². The van der Waals surface area contributed by atoms with E-state index in [1.165, 1.54) is 25.7 Å². The van der Waals surface area contributed by atoms with Crippen molar-refractivity contribution in [2.75, 3.05) is 13.1 Å². The maximum atomic E-state index is 5.53. The number of hydrogen-bond donors (Lipinski definition) is 0. The normalized spacial score (nSPS) is 11.2. The quantitative estimate of drug-likeness (QED) is 0.661. The molecule has 2 aromatic rings. The van der Waals surface area contributed by atoms with E-state index in [1.54, 1.807) is 4.68 Å². The van der Waals surface area contributed by atoms with Gasteiger partial charge in [0, 0.05) is 0 Å². The molecule has 0 unspecified atom stereocenters. The van der Waals surface area contributed by atoms with Crippen molar-refractivity contribution in [3.05, 3.63) is 35.1 Å². The lowest BCUT2D eigenvalue weighted by molar-refractivity contribution is 0.198. The maximum Gasteiger partial charge on any atom is 0.221 e. The molecule has 0 fully saturated rings. The molecule has 0 saturated heterocycles. The Kier molecular flexibility index (Phi) is 6.74. The number of aromatic nitrogens is 4. The Morgan fingerprint density at radius 2 is 1.64 bits per heavy atom. The standard InChI is InChI=1S/C16H25N5S/c1-3-5-12-19(13-6-4-2)14-20-16(22)21(18-17-20)15-10-8-7-9-11-15/h7-11H,3-6,12-14H2,1-2H3. The van der Waals surface area contributed by atoms with E-state index < -0.39 is 0 Å². The number of unbranched alkanes of at least 4 members (excludes halogenated alkanes) is 2. The Morgan fingerprint density at radius 3 is 2.23 bits per heavy atom. The highest BCUT2D eigenvalue weighted by Gasteiger charge is 2.10. The molecule has 0 radical (unpaired) electrons.